The number of nitrogens with zero attached hydrogens (tertiary/aromatic N) is 3. The van der Waals surface area contributed by atoms with E-state index < -0.39 is 0 Å². The van der Waals surface area contributed by atoms with Gasteiger partial charge in [0.2, 0.25) is 5.95 Å². The molecule has 0 radical (unpaired) electrons. The van der Waals surface area contributed by atoms with E-state index in [1.165, 1.54) is 5.56 Å². The van der Waals surface area contributed by atoms with Gasteiger partial charge in [-0.2, -0.15) is 4.98 Å². The van der Waals surface area contributed by atoms with Gasteiger partial charge in [-0.15, -0.1) is 0 Å². The molecular formula is C19H24N4O2. The van der Waals surface area contributed by atoms with Gasteiger partial charge in [0.1, 0.15) is 12.4 Å². The maximum absolute atomic E-state index is 12.1. The van der Waals surface area contributed by atoms with Gasteiger partial charge < -0.3 is 10.1 Å². The van der Waals surface area contributed by atoms with Crippen molar-refractivity contribution in [2.24, 2.45) is 5.92 Å². The molecule has 1 fully saturated rings. The molecule has 25 heavy (non-hydrogen) atoms. The Labute approximate surface area is 148 Å². The Morgan fingerprint density at radius 1 is 1.20 bits per heavy atom. The van der Waals surface area contributed by atoms with E-state index in [0.717, 1.165) is 5.56 Å². The molecule has 2 atom stereocenters. The fraction of sp³-hybridized carbons (Fsp3) is 0.421. The number of hydrogen-bond donors (Lipinski definition) is 1. The first kappa shape index (κ1) is 17.2. The molecular weight excluding hydrogens is 316 g/mol. The molecule has 2 heterocycles. The lowest BCUT2D eigenvalue weighted by molar-refractivity contribution is 0.177. The molecule has 2 aromatic rings. The van der Waals surface area contributed by atoms with Crippen molar-refractivity contribution >= 4 is 17.9 Å². The number of ether oxygens (including phenoxy) is 1. The lowest BCUT2D eigenvalue weighted by atomic mass is 10.0. The van der Waals surface area contributed by atoms with E-state index in [2.05, 4.69) is 67.2 Å². The predicted octanol–water partition coefficient (Wildman–Crippen LogP) is 3.94. The average Bonchev–Trinajstić information content (AvgIpc) is 2.97. The fourth-order valence-corrected chi connectivity index (χ4v) is 2.88. The van der Waals surface area contributed by atoms with Crippen molar-refractivity contribution in [3.05, 3.63) is 47.7 Å². The molecule has 1 aromatic carbocycles. The quantitative estimate of drug-likeness (QED) is 0.893. The molecule has 0 spiro atoms. The van der Waals surface area contributed by atoms with Crippen LogP contribution in [0.2, 0.25) is 0 Å². The smallest absolute Gasteiger partial charge is 0.415 e. The van der Waals surface area contributed by atoms with Gasteiger partial charge >= 0.3 is 6.09 Å². The van der Waals surface area contributed by atoms with Crippen LogP contribution in [0.3, 0.4) is 0 Å². The van der Waals surface area contributed by atoms with E-state index in [-0.39, 0.29) is 24.1 Å². The lowest BCUT2D eigenvalue weighted by Crippen LogP contribution is -2.37. The van der Waals surface area contributed by atoms with Gasteiger partial charge in [-0.1, -0.05) is 43.7 Å². The molecule has 1 aromatic heterocycles. The highest BCUT2D eigenvalue weighted by Crippen LogP contribution is 2.26. The third-order valence-corrected chi connectivity index (χ3v) is 4.49. The molecule has 1 aliphatic rings. The monoisotopic (exact) mass is 340 g/mol. The normalized spacial score (nSPS) is 18.4. The SMILES string of the molecule is Cc1ccc([C@@H](C)Nc2nccc(N3C(=O)OCC3C(C)C)n2)cc1. The highest BCUT2D eigenvalue weighted by molar-refractivity contribution is 5.89. The number of aryl methyl sites for hydroxylation is 1. The van der Waals surface area contributed by atoms with Crippen LogP contribution in [-0.4, -0.2) is 28.7 Å². The number of rotatable bonds is 5. The van der Waals surface area contributed by atoms with Crippen molar-refractivity contribution in [3.63, 3.8) is 0 Å². The summed E-state index contributed by atoms with van der Waals surface area (Å²) < 4.78 is 5.20. The van der Waals surface area contributed by atoms with Crippen LogP contribution in [0.15, 0.2) is 36.5 Å². The summed E-state index contributed by atoms with van der Waals surface area (Å²) in [6.07, 6.45) is 1.31. The molecule has 6 heteroatoms. The minimum absolute atomic E-state index is 0.00947. The summed E-state index contributed by atoms with van der Waals surface area (Å²) in [6.45, 7) is 8.65. The number of carbonyl (C=O) groups is 1. The summed E-state index contributed by atoms with van der Waals surface area (Å²) in [5, 5.41) is 3.30. The summed E-state index contributed by atoms with van der Waals surface area (Å²) in [5.41, 5.74) is 2.38. The largest absolute Gasteiger partial charge is 0.447 e. The first-order valence-corrected chi connectivity index (χ1v) is 8.58. The van der Waals surface area contributed by atoms with Crippen LogP contribution >= 0.6 is 0 Å². The maximum Gasteiger partial charge on any atom is 0.415 e. The second-order valence-corrected chi connectivity index (χ2v) is 6.77. The van der Waals surface area contributed by atoms with Crippen LogP contribution in [-0.2, 0) is 4.74 Å². The zero-order valence-electron chi connectivity index (χ0n) is 15.1. The number of cyclic esters (lactones) is 1. The Bertz CT molecular complexity index is 745. The second-order valence-electron chi connectivity index (χ2n) is 6.77. The number of nitrogens with one attached hydrogen (secondary N) is 1. The van der Waals surface area contributed by atoms with E-state index in [1.54, 1.807) is 17.2 Å². The Balaban J connectivity index is 1.79. The Hall–Kier alpha value is -2.63. The number of anilines is 2. The highest BCUT2D eigenvalue weighted by Gasteiger charge is 2.37. The van der Waals surface area contributed by atoms with Gasteiger partial charge in [0.25, 0.3) is 0 Å². The van der Waals surface area contributed by atoms with Crippen LogP contribution in [0.1, 0.15) is 37.9 Å². The lowest BCUT2D eigenvalue weighted by Gasteiger charge is -2.23. The topological polar surface area (TPSA) is 67.4 Å². The number of aromatic nitrogens is 2. The van der Waals surface area contributed by atoms with Crippen molar-refractivity contribution in [1.82, 2.24) is 9.97 Å². The van der Waals surface area contributed by atoms with Crippen molar-refractivity contribution in [1.29, 1.82) is 0 Å². The zero-order valence-corrected chi connectivity index (χ0v) is 15.1. The molecule has 0 bridgehead atoms. The van der Waals surface area contributed by atoms with Crippen molar-refractivity contribution in [3.8, 4) is 0 Å². The van der Waals surface area contributed by atoms with Gasteiger partial charge in [-0.3, -0.25) is 4.90 Å². The van der Waals surface area contributed by atoms with E-state index >= 15 is 0 Å². The fourth-order valence-electron chi connectivity index (χ4n) is 2.88. The zero-order chi connectivity index (χ0) is 18.0. The Kier molecular flexibility index (Phi) is 4.88. The van der Waals surface area contributed by atoms with E-state index in [1.807, 2.05) is 0 Å². The summed E-state index contributed by atoms with van der Waals surface area (Å²) in [6, 6.07) is 10.1. The molecule has 6 nitrogen and oxygen atoms in total. The first-order chi connectivity index (χ1) is 12.0. The van der Waals surface area contributed by atoms with Gasteiger partial charge in [-0.05, 0) is 31.4 Å². The van der Waals surface area contributed by atoms with Crippen LogP contribution < -0.4 is 10.2 Å². The number of hydrogen-bond acceptors (Lipinski definition) is 5. The van der Waals surface area contributed by atoms with Crippen LogP contribution in [0.5, 0.6) is 0 Å². The molecule has 1 saturated heterocycles. The van der Waals surface area contributed by atoms with Crippen LogP contribution in [0.25, 0.3) is 0 Å². The van der Waals surface area contributed by atoms with Crippen molar-refractivity contribution in [2.75, 3.05) is 16.8 Å². The molecule has 1 unspecified atom stereocenters. The summed E-state index contributed by atoms with van der Waals surface area (Å²) in [4.78, 5) is 22.5. The summed E-state index contributed by atoms with van der Waals surface area (Å²) >= 11 is 0. The third kappa shape index (κ3) is 3.73. The molecule has 0 aliphatic carbocycles. The second kappa shape index (κ2) is 7.09. The average molecular weight is 340 g/mol. The van der Waals surface area contributed by atoms with Crippen LogP contribution in [0, 0.1) is 12.8 Å². The van der Waals surface area contributed by atoms with Gasteiger partial charge in [0.15, 0.2) is 0 Å². The Morgan fingerprint density at radius 2 is 1.92 bits per heavy atom. The Morgan fingerprint density at radius 3 is 2.60 bits per heavy atom. The third-order valence-electron chi connectivity index (χ3n) is 4.49. The number of amides is 1. The molecule has 1 amide bonds. The van der Waals surface area contributed by atoms with Crippen LogP contribution in [0.4, 0.5) is 16.6 Å². The summed E-state index contributed by atoms with van der Waals surface area (Å²) in [7, 11) is 0. The molecule has 3 rings (SSSR count). The van der Waals surface area contributed by atoms with Gasteiger partial charge in [-0.25, -0.2) is 9.78 Å². The standard InChI is InChI=1S/C19H24N4O2/c1-12(2)16-11-25-19(24)23(16)17-9-10-20-18(22-17)21-14(4)15-7-5-13(3)6-8-15/h5-10,12,14,16H,11H2,1-4H3,(H,20,21,22)/t14-,16?/m1/s1. The minimum Gasteiger partial charge on any atom is -0.447 e. The molecule has 0 saturated carbocycles. The number of carbonyl (C=O) groups excluding carboxylic acids is 1. The van der Waals surface area contributed by atoms with Gasteiger partial charge in [0, 0.05) is 6.20 Å². The van der Waals surface area contributed by atoms with E-state index in [0.29, 0.717) is 18.4 Å². The number of benzene rings is 1. The maximum atomic E-state index is 12.1. The first-order valence-electron chi connectivity index (χ1n) is 8.58. The van der Waals surface area contributed by atoms with E-state index in [4.69, 9.17) is 4.74 Å². The molecule has 1 aliphatic heterocycles. The summed E-state index contributed by atoms with van der Waals surface area (Å²) in [5.74, 6) is 1.34. The molecule has 132 valence electrons. The predicted molar refractivity (Wildman–Crippen MR) is 97.7 cm³/mol. The molecule has 1 N–H and O–H groups in total. The van der Waals surface area contributed by atoms with Gasteiger partial charge in [0.05, 0.1) is 12.1 Å². The van der Waals surface area contributed by atoms with E-state index in [9.17, 15) is 4.79 Å². The van der Waals surface area contributed by atoms with Crippen molar-refractivity contribution in [2.45, 2.75) is 39.8 Å². The highest BCUT2D eigenvalue weighted by atomic mass is 16.6. The minimum atomic E-state index is -0.352. The van der Waals surface area contributed by atoms with Crippen molar-refractivity contribution < 1.29 is 9.53 Å².